The van der Waals surface area contributed by atoms with Crippen molar-refractivity contribution in [2.75, 3.05) is 33.9 Å². The van der Waals surface area contributed by atoms with Crippen LogP contribution in [0.25, 0.3) is 0 Å². The van der Waals surface area contributed by atoms with Crippen molar-refractivity contribution in [2.24, 2.45) is 0 Å². The van der Waals surface area contributed by atoms with Crippen LogP contribution in [0.1, 0.15) is 16.8 Å². The second kappa shape index (κ2) is 8.02. The molecule has 0 aliphatic rings. The number of hydrogen-bond donors (Lipinski definition) is 1. The zero-order chi connectivity index (χ0) is 15.0. The molecule has 0 bridgehead atoms. The maximum absolute atomic E-state index is 12.3. The third-order valence-corrected chi connectivity index (χ3v) is 2.77. The van der Waals surface area contributed by atoms with E-state index in [4.69, 9.17) is 14.7 Å². The van der Waals surface area contributed by atoms with Gasteiger partial charge >= 0.3 is 0 Å². The largest absolute Gasteiger partial charge is 0.504 e. The molecule has 0 atom stereocenters. The number of phenolic OH excluding ortho intramolecular Hbond substituents is 1. The molecule has 0 aliphatic carbocycles. The number of ether oxygens (including phenoxy) is 2. The monoisotopic (exact) mass is 278 g/mol. The molecule has 0 saturated carbocycles. The zero-order valence-corrected chi connectivity index (χ0v) is 11.6. The molecule has 6 heteroatoms. The van der Waals surface area contributed by atoms with Crippen molar-refractivity contribution in [3.8, 4) is 17.6 Å². The minimum atomic E-state index is -0.254. The van der Waals surface area contributed by atoms with Gasteiger partial charge in [0.2, 0.25) is 0 Å². The van der Waals surface area contributed by atoms with E-state index < -0.39 is 0 Å². The SMILES string of the molecule is COCCN(CCC#N)C(=O)c1ccc(OC)c(O)c1. The maximum atomic E-state index is 12.3. The van der Waals surface area contributed by atoms with Gasteiger partial charge in [0.15, 0.2) is 11.5 Å². The number of phenols is 1. The number of nitrogens with zero attached hydrogens (tertiary/aromatic N) is 2. The molecule has 6 nitrogen and oxygen atoms in total. The van der Waals surface area contributed by atoms with E-state index in [1.165, 1.54) is 24.1 Å². The molecule has 108 valence electrons. The van der Waals surface area contributed by atoms with Crippen LogP contribution in [0.15, 0.2) is 18.2 Å². The Morgan fingerprint density at radius 2 is 2.15 bits per heavy atom. The average molecular weight is 278 g/mol. The zero-order valence-electron chi connectivity index (χ0n) is 11.6. The molecule has 0 spiro atoms. The van der Waals surface area contributed by atoms with E-state index >= 15 is 0 Å². The average Bonchev–Trinajstić information content (AvgIpc) is 2.46. The van der Waals surface area contributed by atoms with E-state index in [1.807, 2.05) is 6.07 Å². The molecule has 1 aromatic carbocycles. The Hall–Kier alpha value is -2.26. The molecule has 1 aromatic rings. The third-order valence-electron chi connectivity index (χ3n) is 2.77. The molecule has 20 heavy (non-hydrogen) atoms. The van der Waals surface area contributed by atoms with Gasteiger partial charge in [-0.3, -0.25) is 4.79 Å². The number of hydrogen-bond acceptors (Lipinski definition) is 5. The number of benzene rings is 1. The Morgan fingerprint density at radius 1 is 1.40 bits per heavy atom. The summed E-state index contributed by atoms with van der Waals surface area (Å²) in [7, 11) is 2.99. The minimum Gasteiger partial charge on any atom is -0.504 e. The highest BCUT2D eigenvalue weighted by Crippen LogP contribution is 2.26. The molecule has 0 saturated heterocycles. The molecule has 0 fully saturated rings. The van der Waals surface area contributed by atoms with Crippen LogP contribution >= 0.6 is 0 Å². The molecule has 0 heterocycles. The van der Waals surface area contributed by atoms with Crippen molar-refractivity contribution in [1.29, 1.82) is 5.26 Å². The van der Waals surface area contributed by atoms with Gasteiger partial charge in [0, 0.05) is 25.8 Å². The molecule has 1 rings (SSSR count). The van der Waals surface area contributed by atoms with E-state index in [0.29, 0.717) is 31.0 Å². The smallest absolute Gasteiger partial charge is 0.254 e. The number of methoxy groups -OCH3 is 2. The Labute approximate surface area is 118 Å². The van der Waals surface area contributed by atoms with Crippen LogP contribution in [0.3, 0.4) is 0 Å². The first-order chi connectivity index (χ1) is 9.63. The maximum Gasteiger partial charge on any atom is 0.254 e. The second-order valence-electron chi connectivity index (χ2n) is 4.08. The van der Waals surface area contributed by atoms with Crippen molar-refractivity contribution in [1.82, 2.24) is 4.90 Å². The van der Waals surface area contributed by atoms with Gasteiger partial charge in [-0.15, -0.1) is 0 Å². The van der Waals surface area contributed by atoms with Gasteiger partial charge in [-0.05, 0) is 18.2 Å². The fourth-order valence-electron chi connectivity index (χ4n) is 1.71. The van der Waals surface area contributed by atoms with E-state index in [2.05, 4.69) is 0 Å². The quantitative estimate of drug-likeness (QED) is 0.815. The molecule has 1 N–H and O–H groups in total. The van der Waals surface area contributed by atoms with Crippen molar-refractivity contribution in [3.05, 3.63) is 23.8 Å². The van der Waals surface area contributed by atoms with Crippen LogP contribution in [0.4, 0.5) is 0 Å². The summed E-state index contributed by atoms with van der Waals surface area (Å²) in [6.45, 7) is 1.11. The van der Waals surface area contributed by atoms with Gasteiger partial charge in [0.05, 0.1) is 26.2 Å². The molecule has 0 aliphatic heterocycles. The lowest BCUT2D eigenvalue weighted by Gasteiger charge is -2.21. The fourth-order valence-corrected chi connectivity index (χ4v) is 1.71. The summed E-state index contributed by atoms with van der Waals surface area (Å²) in [6.07, 6.45) is 0.248. The Bertz CT molecular complexity index is 496. The summed E-state index contributed by atoms with van der Waals surface area (Å²) in [6, 6.07) is 6.47. The van der Waals surface area contributed by atoms with Crippen LogP contribution in [-0.2, 0) is 4.74 Å². The highest BCUT2D eigenvalue weighted by Gasteiger charge is 2.16. The Balaban J connectivity index is 2.87. The highest BCUT2D eigenvalue weighted by atomic mass is 16.5. The number of amides is 1. The minimum absolute atomic E-state index is 0.0923. The number of carbonyl (C=O) groups is 1. The van der Waals surface area contributed by atoms with Crippen molar-refractivity contribution >= 4 is 5.91 Å². The number of rotatable bonds is 7. The molecule has 0 unspecified atom stereocenters. The molecular formula is C14H18N2O4. The molecule has 0 radical (unpaired) electrons. The molecule has 1 amide bonds. The van der Waals surface area contributed by atoms with E-state index in [0.717, 1.165) is 0 Å². The van der Waals surface area contributed by atoms with Gasteiger partial charge in [-0.1, -0.05) is 0 Å². The topological polar surface area (TPSA) is 82.8 Å². The van der Waals surface area contributed by atoms with Crippen LogP contribution in [0, 0.1) is 11.3 Å². The number of aromatic hydroxyl groups is 1. The van der Waals surface area contributed by atoms with Crippen LogP contribution in [0.2, 0.25) is 0 Å². The summed E-state index contributed by atoms with van der Waals surface area (Å²) >= 11 is 0. The fraction of sp³-hybridized carbons (Fsp3) is 0.429. The Kier molecular flexibility index (Phi) is 6.33. The Morgan fingerprint density at radius 3 is 2.70 bits per heavy atom. The van der Waals surface area contributed by atoms with E-state index in [1.54, 1.807) is 13.2 Å². The van der Waals surface area contributed by atoms with Crippen molar-refractivity contribution in [3.63, 3.8) is 0 Å². The second-order valence-corrected chi connectivity index (χ2v) is 4.08. The molecule has 0 aromatic heterocycles. The summed E-state index contributed by atoms with van der Waals surface area (Å²) < 4.78 is 9.88. The van der Waals surface area contributed by atoms with Crippen LogP contribution in [0.5, 0.6) is 11.5 Å². The van der Waals surface area contributed by atoms with Crippen LogP contribution in [-0.4, -0.2) is 49.8 Å². The summed E-state index contributed by atoms with van der Waals surface area (Å²) in [4.78, 5) is 13.8. The normalized spacial score (nSPS) is 9.85. The summed E-state index contributed by atoms with van der Waals surface area (Å²) in [5, 5.41) is 18.3. The number of nitriles is 1. The lowest BCUT2D eigenvalue weighted by Crippen LogP contribution is -2.34. The van der Waals surface area contributed by atoms with E-state index in [9.17, 15) is 9.90 Å². The predicted octanol–water partition coefficient (Wildman–Crippen LogP) is 1.40. The first-order valence-corrected chi connectivity index (χ1v) is 6.16. The van der Waals surface area contributed by atoms with Gasteiger partial charge in [-0.2, -0.15) is 5.26 Å². The molecular weight excluding hydrogens is 260 g/mol. The summed E-state index contributed by atoms with van der Waals surface area (Å²) in [5.41, 5.74) is 0.345. The first-order valence-electron chi connectivity index (χ1n) is 6.16. The third kappa shape index (κ3) is 4.14. The van der Waals surface area contributed by atoms with Gasteiger partial charge in [0.25, 0.3) is 5.91 Å². The predicted molar refractivity (Wildman–Crippen MR) is 72.7 cm³/mol. The number of carbonyl (C=O) groups excluding carboxylic acids is 1. The highest BCUT2D eigenvalue weighted by molar-refractivity contribution is 5.94. The lowest BCUT2D eigenvalue weighted by atomic mass is 10.1. The van der Waals surface area contributed by atoms with Gasteiger partial charge in [-0.25, -0.2) is 0 Å². The van der Waals surface area contributed by atoms with Crippen molar-refractivity contribution < 1.29 is 19.4 Å². The van der Waals surface area contributed by atoms with Gasteiger partial charge in [0.1, 0.15) is 0 Å². The first kappa shape index (κ1) is 15.8. The van der Waals surface area contributed by atoms with Crippen LogP contribution < -0.4 is 4.74 Å². The standard InChI is InChI=1S/C14H18N2O4/c1-19-9-8-16(7-3-6-15)14(18)11-4-5-13(20-2)12(17)10-11/h4-5,10,17H,3,7-9H2,1-2H3. The van der Waals surface area contributed by atoms with E-state index in [-0.39, 0.29) is 18.1 Å². The van der Waals surface area contributed by atoms with Crippen molar-refractivity contribution in [2.45, 2.75) is 6.42 Å². The lowest BCUT2D eigenvalue weighted by molar-refractivity contribution is 0.0699. The summed E-state index contributed by atoms with van der Waals surface area (Å²) in [5.74, 6) is -0.0393. The van der Waals surface area contributed by atoms with Gasteiger partial charge < -0.3 is 19.5 Å².